The molecular formula is C18H20N4O3. The molecule has 1 aromatic heterocycles. The predicted octanol–water partition coefficient (Wildman–Crippen LogP) is 2.39. The van der Waals surface area contributed by atoms with E-state index in [0.717, 1.165) is 31.2 Å². The number of aromatic nitrogens is 2. The van der Waals surface area contributed by atoms with E-state index in [4.69, 9.17) is 4.52 Å². The molecule has 0 bridgehead atoms. The standard InChI is InChI=1S/C18H20N4O3/c23-17-13-8-4-5-9-14(13)19-18(24)22(17)11-10-15-20-16(21-25-15)12-6-2-1-3-7-12/h1-3,6-7,13-14H,4-5,8-11H2,(H,19,24). The van der Waals surface area contributed by atoms with Crippen molar-refractivity contribution in [3.05, 3.63) is 36.2 Å². The molecule has 7 heteroatoms. The lowest BCUT2D eigenvalue weighted by molar-refractivity contribution is -0.136. The highest BCUT2D eigenvalue weighted by atomic mass is 16.5. The van der Waals surface area contributed by atoms with Crippen molar-refractivity contribution < 1.29 is 14.1 Å². The van der Waals surface area contributed by atoms with Crippen LogP contribution in [0.5, 0.6) is 0 Å². The molecule has 7 nitrogen and oxygen atoms in total. The third-order valence-electron chi connectivity index (χ3n) is 4.95. The first-order valence-electron chi connectivity index (χ1n) is 8.72. The molecule has 1 N–H and O–H groups in total. The second-order valence-electron chi connectivity index (χ2n) is 6.56. The van der Waals surface area contributed by atoms with Gasteiger partial charge in [0.25, 0.3) is 0 Å². The highest BCUT2D eigenvalue weighted by Gasteiger charge is 2.41. The van der Waals surface area contributed by atoms with Crippen LogP contribution in [-0.2, 0) is 11.2 Å². The molecule has 2 aliphatic rings. The van der Waals surface area contributed by atoms with Crippen LogP contribution in [0.1, 0.15) is 31.6 Å². The zero-order chi connectivity index (χ0) is 17.2. The van der Waals surface area contributed by atoms with Gasteiger partial charge in [-0.1, -0.05) is 48.3 Å². The van der Waals surface area contributed by atoms with Gasteiger partial charge in [-0.05, 0) is 12.8 Å². The first-order valence-corrected chi connectivity index (χ1v) is 8.72. The van der Waals surface area contributed by atoms with Gasteiger partial charge in [0.2, 0.25) is 17.6 Å². The SMILES string of the molecule is O=C1NC2CCCCC2C(=O)N1CCc1nc(-c2ccccc2)no1. The lowest BCUT2D eigenvalue weighted by Gasteiger charge is -2.39. The summed E-state index contributed by atoms with van der Waals surface area (Å²) in [6.07, 6.45) is 4.20. The minimum atomic E-state index is -0.309. The van der Waals surface area contributed by atoms with E-state index in [-0.39, 0.29) is 30.4 Å². The number of carbonyl (C=O) groups is 2. The van der Waals surface area contributed by atoms with Crippen molar-refractivity contribution in [2.75, 3.05) is 6.54 Å². The highest BCUT2D eigenvalue weighted by molar-refractivity contribution is 5.98. The van der Waals surface area contributed by atoms with E-state index >= 15 is 0 Å². The Morgan fingerprint density at radius 1 is 1.16 bits per heavy atom. The second kappa shape index (κ2) is 6.66. The van der Waals surface area contributed by atoms with Gasteiger partial charge in [0.05, 0.1) is 5.92 Å². The van der Waals surface area contributed by atoms with Gasteiger partial charge in [0.15, 0.2) is 0 Å². The molecule has 130 valence electrons. The van der Waals surface area contributed by atoms with E-state index in [2.05, 4.69) is 15.5 Å². The van der Waals surface area contributed by atoms with Crippen LogP contribution in [0.15, 0.2) is 34.9 Å². The predicted molar refractivity (Wildman–Crippen MR) is 89.4 cm³/mol. The number of amides is 3. The summed E-state index contributed by atoms with van der Waals surface area (Å²) in [7, 11) is 0. The van der Waals surface area contributed by atoms with Crippen LogP contribution in [0.4, 0.5) is 4.79 Å². The fraction of sp³-hybridized carbons (Fsp3) is 0.444. The van der Waals surface area contributed by atoms with Crippen molar-refractivity contribution in [2.24, 2.45) is 5.92 Å². The lowest BCUT2D eigenvalue weighted by atomic mass is 9.82. The van der Waals surface area contributed by atoms with Crippen LogP contribution in [0.25, 0.3) is 11.4 Å². The van der Waals surface area contributed by atoms with E-state index < -0.39 is 0 Å². The zero-order valence-electron chi connectivity index (χ0n) is 13.9. The third-order valence-corrected chi connectivity index (χ3v) is 4.95. The summed E-state index contributed by atoms with van der Waals surface area (Å²) in [5, 5.41) is 6.93. The number of urea groups is 1. The Bertz CT molecular complexity index is 774. The molecule has 1 aliphatic heterocycles. The first kappa shape index (κ1) is 15.8. The van der Waals surface area contributed by atoms with Crippen LogP contribution in [0.2, 0.25) is 0 Å². The summed E-state index contributed by atoms with van der Waals surface area (Å²) in [5.41, 5.74) is 0.870. The number of hydrogen-bond donors (Lipinski definition) is 1. The number of hydrogen-bond acceptors (Lipinski definition) is 5. The summed E-state index contributed by atoms with van der Waals surface area (Å²) in [4.78, 5) is 30.5. The number of nitrogens with one attached hydrogen (secondary N) is 1. The summed E-state index contributed by atoms with van der Waals surface area (Å²) >= 11 is 0. The lowest BCUT2D eigenvalue weighted by Crippen LogP contribution is -2.61. The monoisotopic (exact) mass is 340 g/mol. The number of benzene rings is 1. The van der Waals surface area contributed by atoms with Crippen LogP contribution >= 0.6 is 0 Å². The largest absolute Gasteiger partial charge is 0.339 e. The summed E-state index contributed by atoms with van der Waals surface area (Å²) < 4.78 is 5.26. The van der Waals surface area contributed by atoms with Gasteiger partial charge in [0, 0.05) is 24.6 Å². The highest BCUT2D eigenvalue weighted by Crippen LogP contribution is 2.29. The third kappa shape index (κ3) is 3.14. The minimum absolute atomic E-state index is 0.00177. The molecule has 4 rings (SSSR count). The van der Waals surface area contributed by atoms with E-state index in [0.29, 0.717) is 18.1 Å². The van der Waals surface area contributed by atoms with Crippen molar-refractivity contribution >= 4 is 11.9 Å². The molecule has 1 saturated heterocycles. The molecule has 3 amide bonds. The molecule has 1 aromatic carbocycles. The van der Waals surface area contributed by atoms with Crippen molar-refractivity contribution in [2.45, 2.75) is 38.1 Å². The number of rotatable bonds is 4. The normalized spacial score (nSPS) is 23.3. The van der Waals surface area contributed by atoms with E-state index in [1.807, 2.05) is 30.3 Å². The van der Waals surface area contributed by atoms with Gasteiger partial charge in [-0.15, -0.1) is 0 Å². The molecule has 25 heavy (non-hydrogen) atoms. The van der Waals surface area contributed by atoms with E-state index in [1.165, 1.54) is 4.90 Å². The number of nitrogens with zero attached hydrogens (tertiary/aromatic N) is 3. The summed E-state index contributed by atoms with van der Waals surface area (Å²) in [6, 6.07) is 9.22. The van der Waals surface area contributed by atoms with Crippen LogP contribution in [-0.4, -0.2) is 39.6 Å². The Balaban J connectivity index is 1.42. The first-order chi connectivity index (χ1) is 12.2. The molecule has 1 aliphatic carbocycles. The molecule has 2 heterocycles. The van der Waals surface area contributed by atoms with Gasteiger partial charge < -0.3 is 9.84 Å². The van der Waals surface area contributed by atoms with Gasteiger partial charge in [-0.25, -0.2) is 4.79 Å². The molecular weight excluding hydrogens is 320 g/mol. The Kier molecular flexibility index (Phi) is 4.21. The van der Waals surface area contributed by atoms with Crippen molar-refractivity contribution in [3.8, 4) is 11.4 Å². The average molecular weight is 340 g/mol. The summed E-state index contributed by atoms with van der Waals surface area (Å²) in [5.74, 6) is 0.771. The van der Waals surface area contributed by atoms with Crippen molar-refractivity contribution in [3.63, 3.8) is 0 Å². The molecule has 2 fully saturated rings. The van der Waals surface area contributed by atoms with Gasteiger partial charge in [-0.3, -0.25) is 9.69 Å². The number of imide groups is 1. The molecule has 0 spiro atoms. The maximum atomic E-state index is 12.6. The quantitative estimate of drug-likeness (QED) is 0.923. The number of fused-ring (bicyclic) bond motifs is 1. The average Bonchev–Trinajstić information content (AvgIpc) is 3.11. The van der Waals surface area contributed by atoms with Crippen molar-refractivity contribution in [1.29, 1.82) is 0 Å². The second-order valence-corrected chi connectivity index (χ2v) is 6.56. The smallest absolute Gasteiger partial charge is 0.324 e. The van der Waals surface area contributed by atoms with Crippen molar-refractivity contribution in [1.82, 2.24) is 20.4 Å². The fourth-order valence-electron chi connectivity index (χ4n) is 3.62. The summed E-state index contributed by atoms with van der Waals surface area (Å²) in [6.45, 7) is 0.254. The Labute approximate surface area is 145 Å². The molecule has 2 unspecified atom stereocenters. The van der Waals surface area contributed by atoms with Gasteiger partial charge in [-0.2, -0.15) is 4.98 Å². The van der Waals surface area contributed by atoms with E-state index in [1.54, 1.807) is 0 Å². The molecule has 2 aromatic rings. The van der Waals surface area contributed by atoms with Gasteiger partial charge >= 0.3 is 6.03 Å². The van der Waals surface area contributed by atoms with Gasteiger partial charge in [0.1, 0.15) is 0 Å². The molecule has 0 radical (unpaired) electrons. The minimum Gasteiger partial charge on any atom is -0.339 e. The number of carbonyl (C=O) groups excluding carboxylic acids is 2. The Hall–Kier alpha value is -2.70. The Morgan fingerprint density at radius 2 is 1.96 bits per heavy atom. The molecule has 2 atom stereocenters. The topological polar surface area (TPSA) is 88.3 Å². The fourth-order valence-corrected chi connectivity index (χ4v) is 3.62. The maximum Gasteiger partial charge on any atom is 0.324 e. The Morgan fingerprint density at radius 3 is 2.80 bits per heavy atom. The van der Waals surface area contributed by atoms with Crippen LogP contribution < -0.4 is 5.32 Å². The molecule has 1 saturated carbocycles. The van der Waals surface area contributed by atoms with Crippen LogP contribution in [0.3, 0.4) is 0 Å². The zero-order valence-corrected chi connectivity index (χ0v) is 13.9. The van der Waals surface area contributed by atoms with E-state index in [9.17, 15) is 9.59 Å². The maximum absolute atomic E-state index is 12.6. The van der Waals surface area contributed by atoms with Crippen LogP contribution in [0, 0.1) is 5.92 Å².